The van der Waals surface area contributed by atoms with Crippen LogP contribution in [0.15, 0.2) is 54.6 Å². The van der Waals surface area contributed by atoms with Gasteiger partial charge in [0.1, 0.15) is 18.4 Å². The van der Waals surface area contributed by atoms with E-state index in [0.29, 0.717) is 12.8 Å². The molecule has 2 aromatic rings. The van der Waals surface area contributed by atoms with Crippen molar-refractivity contribution in [2.24, 2.45) is 0 Å². The summed E-state index contributed by atoms with van der Waals surface area (Å²) in [5.74, 6) is -1.23. The first-order chi connectivity index (χ1) is 18.1. The van der Waals surface area contributed by atoms with Gasteiger partial charge in [-0.25, -0.2) is 8.70 Å². The maximum atomic E-state index is 13.8. The number of nitrogens with one attached hydrogen (secondary N) is 1. The molecule has 0 aliphatic heterocycles. The lowest BCUT2D eigenvalue weighted by Gasteiger charge is -2.35. The molecule has 0 aromatic heterocycles. The fraction of sp³-hybridized carbons (Fsp3) is 0.500. The first-order valence-electron chi connectivity index (χ1n) is 13.2. The lowest BCUT2D eigenvalue weighted by atomic mass is 9.95. The van der Waals surface area contributed by atoms with E-state index in [1.54, 1.807) is 0 Å². The molecular formula is C28H39FN4O4S. The fourth-order valence-corrected chi connectivity index (χ4v) is 5.82. The van der Waals surface area contributed by atoms with Crippen LogP contribution < -0.4 is 9.62 Å². The number of rotatable bonds is 12. The Morgan fingerprint density at radius 2 is 1.63 bits per heavy atom. The van der Waals surface area contributed by atoms with Crippen molar-refractivity contribution in [2.75, 3.05) is 31.5 Å². The summed E-state index contributed by atoms with van der Waals surface area (Å²) in [6.45, 7) is 1.58. The Morgan fingerprint density at radius 1 is 1.00 bits per heavy atom. The largest absolute Gasteiger partial charge is 0.352 e. The summed E-state index contributed by atoms with van der Waals surface area (Å²) in [6, 6.07) is 13.9. The van der Waals surface area contributed by atoms with Crippen molar-refractivity contribution in [3.05, 3.63) is 66.0 Å². The highest BCUT2D eigenvalue weighted by atomic mass is 32.2. The van der Waals surface area contributed by atoms with Gasteiger partial charge in [0, 0.05) is 26.7 Å². The number of nitrogens with zero attached hydrogens (tertiary/aromatic N) is 3. The van der Waals surface area contributed by atoms with Crippen LogP contribution in [0.1, 0.15) is 51.0 Å². The lowest BCUT2D eigenvalue weighted by Crippen LogP contribution is -2.55. The Balaban J connectivity index is 1.89. The molecule has 1 fully saturated rings. The molecule has 0 bridgehead atoms. The summed E-state index contributed by atoms with van der Waals surface area (Å²) < 4.78 is 41.9. The number of carbonyl (C=O) groups is 2. The van der Waals surface area contributed by atoms with Gasteiger partial charge in [0.25, 0.3) is 0 Å². The van der Waals surface area contributed by atoms with Crippen LogP contribution in [-0.2, 0) is 26.2 Å². The zero-order chi connectivity index (χ0) is 27.7. The molecule has 0 saturated heterocycles. The summed E-state index contributed by atoms with van der Waals surface area (Å²) in [5.41, 5.74) is 1.17. The van der Waals surface area contributed by atoms with Crippen LogP contribution in [0.3, 0.4) is 0 Å². The number of carbonyl (C=O) groups excluding carboxylic acids is 2. The molecule has 3 rings (SSSR count). The number of hydrogen-bond acceptors (Lipinski definition) is 4. The van der Waals surface area contributed by atoms with Crippen molar-refractivity contribution in [3.63, 3.8) is 0 Å². The SMILES string of the molecule is CC[C@H](C(=O)NC1CCCCC1)N(CCc1ccccc1)C(=O)CN(c1ccc(F)cc1)S(=O)(=O)N(C)C. The van der Waals surface area contributed by atoms with Gasteiger partial charge in [0.05, 0.1) is 5.69 Å². The molecular weight excluding hydrogens is 507 g/mol. The summed E-state index contributed by atoms with van der Waals surface area (Å²) in [5, 5.41) is 3.13. The van der Waals surface area contributed by atoms with Gasteiger partial charge >= 0.3 is 10.2 Å². The maximum absolute atomic E-state index is 13.8. The number of benzene rings is 2. The van der Waals surface area contributed by atoms with Crippen LogP contribution in [0.2, 0.25) is 0 Å². The zero-order valence-electron chi connectivity index (χ0n) is 22.5. The first-order valence-corrected chi connectivity index (χ1v) is 14.6. The van der Waals surface area contributed by atoms with Gasteiger partial charge in [-0.05, 0) is 55.5 Å². The van der Waals surface area contributed by atoms with Crippen LogP contribution in [0.4, 0.5) is 10.1 Å². The van der Waals surface area contributed by atoms with Crippen molar-refractivity contribution in [1.82, 2.24) is 14.5 Å². The molecule has 0 heterocycles. The molecule has 208 valence electrons. The van der Waals surface area contributed by atoms with E-state index in [9.17, 15) is 22.4 Å². The molecule has 1 aliphatic carbocycles. The third kappa shape index (κ3) is 7.77. The molecule has 10 heteroatoms. The van der Waals surface area contributed by atoms with Crippen molar-refractivity contribution < 1.29 is 22.4 Å². The molecule has 2 amide bonds. The van der Waals surface area contributed by atoms with Crippen molar-refractivity contribution in [1.29, 1.82) is 0 Å². The molecule has 1 aliphatic rings. The molecule has 1 saturated carbocycles. The summed E-state index contributed by atoms with van der Waals surface area (Å²) in [7, 11) is -1.34. The van der Waals surface area contributed by atoms with Gasteiger partial charge in [0.2, 0.25) is 11.8 Å². The minimum atomic E-state index is -4.08. The van der Waals surface area contributed by atoms with Crippen LogP contribution in [0.25, 0.3) is 0 Å². The van der Waals surface area contributed by atoms with E-state index in [2.05, 4.69) is 5.32 Å². The quantitative estimate of drug-likeness (QED) is 0.439. The highest BCUT2D eigenvalue weighted by Crippen LogP contribution is 2.22. The highest BCUT2D eigenvalue weighted by molar-refractivity contribution is 7.90. The molecule has 8 nitrogen and oxygen atoms in total. The van der Waals surface area contributed by atoms with Crippen molar-refractivity contribution in [2.45, 2.75) is 64.0 Å². The second-order valence-electron chi connectivity index (χ2n) is 9.86. The number of hydrogen-bond donors (Lipinski definition) is 1. The molecule has 0 radical (unpaired) electrons. The molecule has 0 unspecified atom stereocenters. The van der Waals surface area contributed by atoms with E-state index < -0.39 is 34.5 Å². The second-order valence-corrected chi connectivity index (χ2v) is 11.9. The summed E-state index contributed by atoms with van der Waals surface area (Å²) in [6.07, 6.45) is 6.01. The molecule has 2 aromatic carbocycles. The van der Waals surface area contributed by atoms with E-state index in [1.807, 2.05) is 37.3 Å². The van der Waals surface area contributed by atoms with Crippen LogP contribution in [0, 0.1) is 5.82 Å². The van der Waals surface area contributed by atoms with Gasteiger partial charge < -0.3 is 10.2 Å². The van der Waals surface area contributed by atoms with Gasteiger partial charge in [-0.3, -0.25) is 9.59 Å². The predicted molar refractivity (Wildman–Crippen MR) is 147 cm³/mol. The number of anilines is 1. The van der Waals surface area contributed by atoms with E-state index in [4.69, 9.17) is 0 Å². The van der Waals surface area contributed by atoms with E-state index in [1.165, 1.54) is 31.1 Å². The smallest absolute Gasteiger partial charge is 0.304 e. The average molecular weight is 547 g/mol. The molecule has 0 spiro atoms. The molecule has 38 heavy (non-hydrogen) atoms. The first kappa shape index (κ1) is 29.6. The monoisotopic (exact) mass is 546 g/mol. The van der Waals surface area contributed by atoms with Crippen LogP contribution in [0.5, 0.6) is 0 Å². The van der Waals surface area contributed by atoms with Crippen LogP contribution >= 0.6 is 0 Å². The number of halogens is 1. The third-order valence-electron chi connectivity index (χ3n) is 6.96. The third-order valence-corrected chi connectivity index (χ3v) is 8.77. The topological polar surface area (TPSA) is 90.0 Å². The van der Waals surface area contributed by atoms with Crippen molar-refractivity contribution >= 4 is 27.7 Å². The molecule has 1 N–H and O–H groups in total. The number of amides is 2. The summed E-state index contributed by atoms with van der Waals surface area (Å²) in [4.78, 5) is 28.7. The highest BCUT2D eigenvalue weighted by Gasteiger charge is 2.34. The van der Waals surface area contributed by atoms with Gasteiger partial charge in [0.15, 0.2) is 0 Å². The standard InChI is InChI=1S/C28H39FN4O4S/c1-4-26(28(35)30-24-13-9-6-10-14-24)32(20-19-22-11-7-5-8-12-22)27(34)21-33(38(36,37)31(2)3)25-17-15-23(29)16-18-25/h5,7-8,11-12,15-18,24,26H,4,6,9-10,13-14,19-21H2,1-3H3,(H,30,35)/t26-/m1/s1. The average Bonchev–Trinajstić information content (AvgIpc) is 2.91. The Kier molecular flexibility index (Phi) is 10.7. The van der Waals surface area contributed by atoms with Gasteiger partial charge in [-0.1, -0.05) is 56.5 Å². The maximum Gasteiger partial charge on any atom is 0.304 e. The Bertz CT molecular complexity index is 1150. The molecule has 1 atom stereocenters. The Morgan fingerprint density at radius 3 is 2.21 bits per heavy atom. The Hall–Kier alpha value is -2.98. The normalized spacial score (nSPS) is 15.2. The van der Waals surface area contributed by atoms with Gasteiger partial charge in [-0.15, -0.1) is 0 Å². The van der Waals surface area contributed by atoms with E-state index in [0.717, 1.165) is 58.4 Å². The second kappa shape index (κ2) is 13.7. The zero-order valence-corrected chi connectivity index (χ0v) is 23.3. The summed E-state index contributed by atoms with van der Waals surface area (Å²) >= 11 is 0. The lowest BCUT2D eigenvalue weighted by molar-refractivity contribution is -0.140. The predicted octanol–water partition coefficient (Wildman–Crippen LogP) is 3.74. The van der Waals surface area contributed by atoms with Crippen molar-refractivity contribution in [3.8, 4) is 0 Å². The van der Waals surface area contributed by atoms with Gasteiger partial charge in [-0.2, -0.15) is 12.7 Å². The minimum absolute atomic E-state index is 0.0845. The minimum Gasteiger partial charge on any atom is -0.352 e. The van der Waals surface area contributed by atoms with E-state index in [-0.39, 0.29) is 24.2 Å². The Labute approximate surface area is 226 Å². The van der Waals surface area contributed by atoms with Crippen LogP contribution in [-0.4, -0.2) is 68.7 Å². The fourth-order valence-electron chi connectivity index (χ4n) is 4.76. The van der Waals surface area contributed by atoms with E-state index >= 15 is 0 Å².